The smallest absolute Gasteiger partial charge is 0.318 e. The molecule has 8 nitrogen and oxygen atoms in total. The van der Waals surface area contributed by atoms with Gasteiger partial charge in [-0.05, 0) is 44.7 Å². The maximum Gasteiger partial charge on any atom is 0.318 e. The summed E-state index contributed by atoms with van der Waals surface area (Å²) in [6.45, 7) is 5.86. The van der Waals surface area contributed by atoms with Crippen molar-refractivity contribution >= 4 is 22.1 Å². The highest BCUT2D eigenvalue weighted by atomic mass is 32.2. The molecule has 1 aromatic carbocycles. The molecule has 178 valence electrons. The lowest BCUT2D eigenvalue weighted by Gasteiger charge is -2.25. The third-order valence-electron chi connectivity index (χ3n) is 6.18. The van der Waals surface area contributed by atoms with E-state index in [1.807, 2.05) is 6.92 Å². The summed E-state index contributed by atoms with van der Waals surface area (Å²) in [6.07, 6.45) is 4.64. The third-order valence-corrected chi connectivity index (χ3v) is 7.56. The lowest BCUT2D eigenvalue weighted by Crippen LogP contribution is -2.37. The molecule has 4 unspecified atom stereocenters. The van der Waals surface area contributed by atoms with Gasteiger partial charge in [0, 0.05) is 19.9 Å². The van der Waals surface area contributed by atoms with E-state index in [-0.39, 0.29) is 35.1 Å². The number of hydrogen-bond acceptors (Lipinski definition) is 6. The van der Waals surface area contributed by atoms with Crippen LogP contribution in [0.2, 0.25) is 0 Å². The van der Waals surface area contributed by atoms with E-state index in [4.69, 9.17) is 8.92 Å². The molecule has 1 N–H and O–H groups in total. The fourth-order valence-electron chi connectivity index (χ4n) is 4.55. The summed E-state index contributed by atoms with van der Waals surface area (Å²) >= 11 is 0. The molecular weight excluding hydrogens is 432 g/mol. The number of rotatable bonds is 11. The number of urea groups is 1. The summed E-state index contributed by atoms with van der Waals surface area (Å²) in [5, 5.41) is 2.95. The second-order valence-electron chi connectivity index (χ2n) is 8.79. The molecule has 9 heteroatoms. The Morgan fingerprint density at radius 1 is 1.19 bits per heavy atom. The molecule has 3 rings (SSSR count). The van der Waals surface area contributed by atoms with Crippen molar-refractivity contribution in [2.75, 3.05) is 6.54 Å². The molecule has 0 radical (unpaired) electrons. The van der Waals surface area contributed by atoms with Crippen molar-refractivity contribution in [1.29, 1.82) is 0 Å². The zero-order valence-electron chi connectivity index (χ0n) is 19.1. The molecular formula is C23H34N2O6S. The molecule has 1 saturated carbocycles. The van der Waals surface area contributed by atoms with Crippen LogP contribution in [-0.2, 0) is 23.8 Å². The van der Waals surface area contributed by atoms with Crippen LogP contribution < -0.4 is 5.32 Å². The summed E-state index contributed by atoms with van der Waals surface area (Å²) in [7, 11) is -3.86. The Balaban J connectivity index is 1.58. The number of carbonyl (C=O) groups excluding carboxylic acids is 2. The van der Waals surface area contributed by atoms with Crippen molar-refractivity contribution in [2.24, 2.45) is 0 Å². The van der Waals surface area contributed by atoms with E-state index >= 15 is 0 Å². The van der Waals surface area contributed by atoms with E-state index < -0.39 is 16.2 Å². The second-order valence-corrected chi connectivity index (χ2v) is 10.4. The number of hydrogen-bond donors (Lipinski definition) is 1. The molecule has 1 aromatic rings. The molecule has 2 aliphatic rings. The number of benzene rings is 1. The van der Waals surface area contributed by atoms with Gasteiger partial charge in [0.05, 0.1) is 23.1 Å². The minimum absolute atomic E-state index is 0.130. The average Bonchev–Trinajstić information content (AvgIpc) is 3.21. The zero-order chi connectivity index (χ0) is 23.3. The molecule has 32 heavy (non-hydrogen) atoms. The van der Waals surface area contributed by atoms with Crippen LogP contribution in [0.5, 0.6) is 0 Å². The average molecular weight is 467 g/mol. The van der Waals surface area contributed by atoms with Crippen molar-refractivity contribution < 1.29 is 26.9 Å². The Morgan fingerprint density at radius 2 is 1.91 bits per heavy atom. The number of amides is 2. The van der Waals surface area contributed by atoms with Crippen molar-refractivity contribution in [3.8, 4) is 0 Å². The van der Waals surface area contributed by atoms with Crippen LogP contribution in [0.15, 0.2) is 29.2 Å². The normalized spacial score (nSPS) is 23.7. The van der Waals surface area contributed by atoms with Gasteiger partial charge in [0.15, 0.2) is 0 Å². The molecule has 2 fully saturated rings. The summed E-state index contributed by atoms with van der Waals surface area (Å²) < 4.78 is 36.2. The number of ether oxygens (including phenoxy) is 1. The predicted molar refractivity (Wildman–Crippen MR) is 120 cm³/mol. The first-order valence-corrected chi connectivity index (χ1v) is 12.8. The van der Waals surface area contributed by atoms with E-state index in [1.54, 1.807) is 29.2 Å². The number of nitrogens with zero attached hydrogens (tertiary/aromatic N) is 1. The van der Waals surface area contributed by atoms with Crippen LogP contribution in [0.3, 0.4) is 0 Å². The first-order valence-electron chi connectivity index (χ1n) is 11.4. The molecule has 1 aliphatic carbocycles. The van der Waals surface area contributed by atoms with Crippen LogP contribution in [-0.4, -0.2) is 56.2 Å². The number of nitrogens with one attached hydrogen (secondary N) is 1. The maximum absolute atomic E-state index is 12.6. The number of unbranched alkanes of at least 4 members (excludes halogenated alkanes) is 2. The van der Waals surface area contributed by atoms with Crippen molar-refractivity contribution in [1.82, 2.24) is 10.2 Å². The highest BCUT2D eigenvalue weighted by Gasteiger charge is 2.47. The molecule has 1 aliphatic heterocycles. The van der Waals surface area contributed by atoms with E-state index in [1.165, 1.54) is 6.92 Å². The first kappa shape index (κ1) is 24.5. The minimum Gasteiger partial charge on any atom is -0.462 e. The fourth-order valence-corrected chi connectivity index (χ4v) is 5.65. The zero-order valence-corrected chi connectivity index (χ0v) is 19.9. The lowest BCUT2D eigenvalue weighted by molar-refractivity contribution is -0.147. The summed E-state index contributed by atoms with van der Waals surface area (Å²) in [5.41, 5.74) is 0.972. The summed E-state index contributed by atoms with van der Waals surface area (Å²) in [5.74, 6) is -0.314. The van der Waals surface area contributed by atoms with Crippen LogP contribution in [0.25, 0.3) is 0 Å². The van der Waals surface area contributed by atoms with Gasteiger partial charge in [-0.2, -0.15) is 8.42 Å². The van der Waals surface area contributed by atoms with Gasteiger partial charge in [-0.25, -0.2) is 4.79 Å². The predicted octanol–water partition coefficient (Wildman–Crippen LogP) is 3.53. The Hall–Kier alpha value is -2.13. The number of aryl methyl sites for hydroxylation is 1. The van der Waals surface area contributed by atoms with Gasteiger partial charge in [-0.15, -0.1) is 0 Å². The monoisotopic (exact) mass is 466 g/mol. The molecule has 1 saturated heterocycles. The Kier molecular flexibility index (Phi) is 8.16. The standard InChI is InChI=1S/C23H34N2O6S/c1-4-5-6-7-18(30-17(3)26)12-13-25-22-15-19(14-21(22)24-23(25)27)31-32(28,29)20-10-8-16(2)9-11-20/h8-11,18-19,21-22H,4-7,12-15H2,1-3H3,(H,24,27). The maximum atomic E-state index is 12.6. The molecule has 0 bridgehead atoms. The highest BCUT2D eigenvalue weighted by Crippen LogP contribution is 2.33. The first-order chi connectivity index (χ1) is 15.2. The second kappa shape index (κ2) is 10.7. The van der Waals surface area contributed by atoms with Crippen LogP contribution in [0, 0.1) is 6.92 Å². The van der Waals surface area contributed by atoms with Gasteiger partial charge < -0.3 is 15.0 Å². The SMILES string of the molecule is CCCCCC(CCN1C(=O)NC2CC(OS(=O)(=O)c3ccc(C)cc3)CC21)OC(C)=O. The van der Waals surface area contributed by atoms with Gasteiger partial charge >= 0.3 is 12.0 Å². The van der Waals surface area contributed by atoms with Gasteiger partial charge in [0.25, 0.3) is 10.1 Å². The molecule has 4 atom stereocenters. The summed E-state index contributed by atoms with van der Waals surface area (Å²) in [4.78, 5) is 25.8. The van der Waals surface area contributed by atoms with Crippen LogP contribution in [0.4, 0.5) is 4.79 Å². The van der Waals surface area contributed by atoms with E-state index in [0.29, 0.717) is 25.8 Å². The van der Waals surface area contributed by atoms with Crippen LogP contribution >= 0.6 is 0 Å². The number of fused-ring (bicyclic) bond motifs is 1. The van der Waals surface area contributed by atoms with E-state index in [0.717, 1.165) is 31.2 Å². The molecule has 0 spiro atoms. The molecule has 1 heterocycles. The third kappa shape index (κ3) is 6.22. The van der Waals surface area contributed by atoms with Gasteiger partial charge in [0.1, 0.15) is 6.10 Å². The Bertz CT molecular complexity index is 902. The lowest BCUT2D eigenvalue weighted by atomic mass is 10.1. The van der Waals surface area contributed by atoms with Gasteiger partial charge in [-0.1, -0.05) is 37.5 Å². The number of esters is 1. The van der Waals surface area contributed by atoms with Gasteiger partial charge in [-0.3, -0.25) is 8.98 Å². The topological polar surface area (TPSA) is 102 Å². The summed E-state index contributed by atoms with van der Waals surface area (Å²) in [6, 6.07) is 6.13. The van der Waals surface area contributed by atoms with Crippen molar-refractivity contribution in [2.45, 2.75) is 94.9 Å². The van der Waals surface area contributed by atoms with E-state index in [9.17, 15) is 18.0 Å². The fraction of sp³-hybridized carbons (Fsp3) is 0.652. The van der Waals surface area contributed by atoms with Crippen molar-refractivity contribution in [3.63, 3.8) is 0 Å². The van der Waals surface area contributed by atoms with Crippen molar-refractivity contribution in [3.05, 3.63) is 29.8 Å². The minimum atomic E-state index is -3.86. The number of carbonyl (C=O) groups is 2. The van der Waals surface area contributed by atoms with Crippen LogP contribution in [0.1, 0.15) is 64.4 Å². The quantitative estimate of drug-likeness (QED) is 0.304. The Labute approximate surface area is 190 Å². The molecule has 2 amide bonds. The Morgan fingerprint density at radius 3 is 2.56 bits per heavy atom. The highest BCUT2D eigenvalue weighted by molar-refractivity contribution is 7.86. The van der Waals surface area contributed by atoms with E-state index in [2.05, 4.69) is 12.2 Å². The molecule has 0 aromatic heterocycles. The van der Waals surface area contributed by atoms with Gasteiger partial charge in [0.2, 0.25) is 0 Å². The largest absolute Gasteiger partial charge is 0.462 e.